The van der Waals surface area contributed by atoms with E-state index in [0.29, 0.717) is 16.3 Å². The Kier molecular flexibility index (Phi) is 2.17. The highest BCUT2D eigenvalue weighted by Gasteiger charge is 2.04. The predicted octanol–water partition coefficient (Wildman–Crippen LogP) is 1.79. The molecule has 14 heavy (non-hydrogen) atoms. The average molecular weight is 205 g/mol. The monoisotopic (exact) mass is 204 g/mol. The number of nitriles is 1. The summed E-state index contributed by atoms with van der Waals surface area (Å²) in [6, 6.07) is 7.11. The van der Waals surface area contributed by atoms with Crippen molar-refractivity contribution in [2.24, 2.45) is 0 Å². The third-order valence-corrected chi connectivity index (χ3v) is 2.01. The maximum atomic E-state index is 8.86. The van der Waals surface area contributed by atoms with E-state index >= 15 is 0 Å². The van der Waals surface area contributed by atoms with Gasteiger partial charge in [0.1, 0.15) is 18.7 Å². The molecule has 0 saturated carbocycles. The Morgan fingerprint density at radius 1 is 1.29 bits per heavy atom. The zero-order valence-electron chi connectivity index (χ0n) is 7.05. The Labute approximate surface area is 85.4 Å². The highest BCUT2D eigenvalue weighted by molar-refractivity contribution is 6.30. The molecule has 0 unspecified atom stereocenters. The van der Waals surface area contributed by atoms with Gasteiger partial charge in [-0.15, -0.1) is 10.2 Å². The lowest BCUT2D eigenvalue weighted by Gasteiger charge is -2.03. The van der Waals surface area contributed by atoms with E-state index in [1.54, 1.807) is 22.8 Å². The van der Waals surface area contributed by atoms with Crippen LogP contribution in [0.15, 0.2) is 30.9 Å². The second-order valence-corrected chi connectivity index (χ2v) is 3.08. The number of nitrogens with zero attached hydrogens (tertiary/aromatic N) is 4. The molecule has 0 aliphatic carbocycles. The molecular formula is C9H5ClN4. The predicted molar refractivity (Wildman–Crippen MR) is 51.1 cm³/mol. The maximum absolute atomic E-state index is 8.86. The highest BCUT2D eigenvalue weighted by atomic mass is 35.5. The normalized spacial score (nSPS) is 9.71. The van der Waals surface area contributed by atoms with Crippen molar-refractivity contribution in [3.05, 3.63) is 41.4 Å². The van der Waals surface area contributed by atoms with E-state index in [1.807, 2.05) is 0 Å². The number of aromatic nitrogens is 3. The first-order valence-electron chi connectivity index (χ1n) is 3.86. The molecule has 1 heterocycles. The molecule has 1 aromatic carbocycles. The molecule has 0 saturated heterocycles. The zero-order valence-corrected chi connectivity index (χ0v) is 7.81. The SMILES string of the molecule is N#Cc1ccc(Cl)cc1-n1cnnc1. The largest absolute Gasteiger partial charge is 0.287 e. The van der Waals surface area contributed by atoms with Crippen molar-refractivity contribution in [3.8, 4) is 11.8 Å². The summed E-state index contributed by atoms with van der Waals surface area (Å²) in [5, 5.41) is 16.8. The molecule has 68 valence electrons. The molecule has 5 heteroatoms. The van der Waals surface area contributed by atoms with Gasteiger partial charge in [-0.05, 0) is 18.2 Å². The molecule has 0 radical (unpaired) electrons. The van der Waals surface area contributed by atoms with E-state index in [2.05, 4.69) is 16.3 Å². The van der Waals surface area contributed by atoms with E-state index in [9.17, 15) is 0 Å². The van der Waals surface area contributed by atoms with E-state index in [4.69, 9.17) is 16.9 Å². The van der Waals surface area contributed by atoms with Crippen molar-refractivity contribution >= 4 is 11.6 Å². The smallest absolute Gasteiger partial charge is 0.123 e. The average Bonchev–Trinajstić information content (AvgIpc) is 2.70. The Morgan fingerprint density at radius 3 is 2.64 bits per heavy atom. The highest BCUT2D eigenvalue weighted by Crippen LogP contribution is 2.18. The van der Waals surface area contributed by atoms with Crippen molar-refractivity contribution < 1.29 is 0 Å². The van der Waals surface area contributed by atoms with E-state index in [0.717, 1.165) is 0 Å². The molecular weight excluding hydrogens is 200 g/mol. The third-order valence-electron chi connectivity index (χ3n) is 1.78. The molecule has 4 nitrogen and oxygen atoms in total. The van der Waals surface area contributed by atoms with Gasteiger partial charge in [0.25, 0.3) is 0 Å². The van der Waals surface area contributed by atoms with Gasteiger partial charge in [-0.25, -0.2) is 0 Å². The summed E-state index contributed by atoms with van der Waals surface area (Å²) in [5.74, 6) is 0. The number of halogens is 1. The van der Waals surface area contributed by atoms with E-state index in [1.165, 1.54) is 12.7 Å². The molecule has 0 bridgehead atoms. The van der Waals surface area contributed by atoms with Crippen LogP contribution >= 0.6 is 11.6 Å². The Hall–Kier alpha value is -1.86. The minimum Gasteiger partial charge on any atom is -0.287 e. The van der Waals surface area contributed by atoms with Crippen LogP contribution in [0.2, 0.25) is 5.02 Å². The summed E-state index contributed by atoms with van der Waals surface area (Å²) in [7, 11) is 0. The van der Waals surface area contributed by atoms with Crippen molar-refractivity contribution in [2.75, 3.05) is 0 Å². The van der Waals surface area contributed by atoms with Gasteiger partial charge in [0.15, 0.2) is 0 Å². The number of hydrogen-bond acceptors (Lipinski definition) is 3. The van der Waals surface area contributed by atoms with Crippen molar-refractivity contribution in [3.63, 3.8) is 0 Å². The van der Waals surface area contributed by atoms with Gasteiger partial charge in [0.2, 0.25) is 0 Å². The van der Waals surface area contributed by atoms with Gasteiger partial charge in [0, 0.05) is 5.02 Å². The van der Waals surface area contributed by atoms with Crippen LogP contribution in [0.3, 0.4) is 0 Å². The van der Waals surface area contributed by atoms with Crippen LogP contribution in [0, 0.1) is 11.3 Å². The van der Waals surface area contributed by atoms with Crippen LogP contribution in [-0.4, -0.2) is 14.8 Å². The quantitative estimate of drug-likeness (QED) is 0.712. The van der Waals surface area contributed by atoms with Gasteiger partial charge in [-0.2, -0.15) is 5.26 Å². The van der Waals surface area contributed by atoms with Crippen LogP contribution in [0.25, 0.3) is 5.69 Å². The van der Waals surface area contributed by atoms with Crippen molar-refractivity contribution in [2.45, 2.75) is 0 Å². The second kappa shape index (κ2) is 3.48. The fourth-order valence-corrected chi connectivity index (χ4v) is 1.30. The minimum atomic E-state index is 0.536. The lowest BCUT2D eigenvalue weighted by atomic mass is 10.2. The first-order chi connectivity index (χ1) is 6.81. The van der Waals surface area contributed by atoms with Crippen molar-refractivity contribution in [1.82, 2.24) is 14.8 Å². The fraction of sp³-hybridized carbons (Fsp3) is 0. The summed E-state index contributed by atoms with van der Waals surface area (Å²) in [5.41, 5.74) is 1.22. The number of rotatable bonds is 1. The van der Waals surface area contributed by atoms with Gasteiger partial charge < -0.3 is 0 Å². The molecule has 2 rings (SSSR count). The Bertz CT molecular complexity index is 484. The summed E-state index contributed by atoms with van der Waals surface area (Å²) >= 11 is 5.83. The number of benzene rings is 1. The van der Waals surface area contributed by atoms with Crippen molar-refractivity contribution in [1.29, 1.82) is 5.26 Å². The molecule has 0 aliphatic rings. The molecule has 0 N–H and O–H groups in total. The molecule has 0 aliphatic heterocycles. The van der Waals surface area contributed by atoms with Crippen LogP contribution in [-0.2, 0) is 0 Å². The molecule has 0 atom stereocenters. The van der Waals surface area contributed by atoms with Crippen LogP contribution in [0.4, 0.5) is 0 Å². The standard InChI is InChI=1S/C9H5ClN4/c10-8-2-1-7(4-11)9(3-8)14-5-12-13-6-14/h1-3,5-6H. The number of hydrogen-bond donors (Lipinski definition) is 0. The topological polar surface area (TPSA) is 54.5 Å². The van der Waals surface area contributed by atoms with Gasteiger partial charge >= 0.3 is 0 Å². The summed E-state index contributed by atoms with van der Waals surface area (Å²) in [6.45, 7) is 0. The lowest BCUT2D eigenvalue weighted by molar-refractivity contribution is 1.05. The van der Waals surface area contributed by atoms with Crippen LogP contribution in [0.1, 0.15) is 5.56 Å². The van der Waals surface area contributed by atoms with Crippen LogP contribution < -0.4 is 0 Å². The first kappa shape index (κ1) is 8.73. The maximum Gasteiger partial charge on any atom is 0.123 e. The summed E-state index contributed by atoms with van der Waals surface area (Å²) < 4.78 is 1.64. The zero-order chi connectivity index (χ0) is 9.97. The molecule has 0 amide bonds. The van der Waals surface area contributed by atoms with Gasteiger partial charge in [-0.3, -0.25) is 4.57 Å². The van der Waals surface area contributed by atoms with E-state index in [-0.39, 0.29) is 0 Å². The fourth-order valence-electron chi connectivity index (χ4n) is 1.14. The molecule has 1 aromatic heterocycles. The summed E-state index contributed by atoms with van der Waals surface area (Å²) in [4.78, 5) is 0. The first-order valence-corrected chi connectivity index (χ1v) is 4.23. The Balaban J connectivity index is 2.63. The van der Waals surface area contributed by atoms with Crippen LogP contribution in [0.5, 0.6) is 0 Å². The van der Waals surface area contributed by atoms with Gasteiger partial charge in [0.05, 0.1) is 11.3 Å². The molecule has 2 aromatic rings. The minimum absolute atomic E-state index is 0.536. The molecule has 0 spiro atoms. The summed E-state index contributed by atoms with van der Waals surface area (Å²) in [6.07, 6.45) is 3.04. The molecule has 0 fully saturated rings. The second-order valence-electron chi connectivity index (χ2n) is 2.64. The lowest BCUT2D eigenvalue weighted by Crippen LogP contribution is -1.94. The van der Waals surface area contributed by atoms with Gasteiger partial charge in [-0.1, -0.05) is 11.6 Å². The Morgan fingerprint density at radius 2 is 2.00 bits per heavy atom. The van der Waals surface area contributed by atoms with E-state index < -0.39 is 0 Å². The third kappa shape index (κ3) is 1.45.